The summed E-state index contributed by atoms with van der Waals surface area (Å²) in [5.41, 5.74) is 0. The van der Waals surface area contributed by atoms with Gasteiger partial charge in [-0.2, -0.15) is 0 Å². The molecule has 1 rings (SSSR count). The van der Waals surface area contributed by atoms with E-state index in [9.17, 15) is 0 Å². The van der Waals surface area contributed by atoms with E-state index in [-0.39, 0.29) is 0 Å². The van der Waals surface area contributed by atoms with Gasteiger partial charge in [0, 0.05) is 0 Å². The zero-order valence-corrected chi connectivity index (χ0v) is 28.3. The Morgan fingerprint density at radius 2 is 0.677 bits per heavy atom. The fourth-order valence-corrected chi connectivity index (χ4v) is 40.6. The Morgan fingerprint density at radius 3 is 0.871 bits per heavy atom. The van der Waals surface area contributed by atoms with Gasteiger partial charge in [0.05, 0.1) is 0 Å². The molecule has 0 nitrogen and oxygen atoms in total. The van der Waals surface area contributed by atoms with E-state index in [1.165, 1.54) is 83.5 Å². The number of allylic oxidation sites excluding steroid dienone is 4. The van der Waals surface area contributed by atoms with Crippen LogP contribution in [-0.4, -0.2) is 36.8 Å². The van der Waals surface area contributed by atoms with Gasteiger partial charge in [-0.05, 0) is 0 Å². The first kappa shape index (κ1) is 30.1. The number of rotatable bonds is 20. The van der Waals surface area contributed by atoms with E-state index < -0.39 is 36.8 Å². The zero-order valence-electron chi connectivity index (χ0n) is 22.6. The van der Waals surface area contributed by atoms with Gasteiger partial charge in [-0.3, -0.25) is 0 Å². The molecular weight excluding hydrogens is 586 g/mol. The van der Waals surface area contributed by atoms with Crippen LogP contribution in [0.5, 0.6) is 0 Å². The van der Waals surface area contributed by atoms with Gasteiger partial charge in [-0.25, -0.2) is 0 Å². The Balaban J connectivity index is 3.16. The minimum atomic E-state index is -2.22. The molecule has 0 spiro atoms. The van der Waals surface area contributed by atoms with Crippen molar-refractivity contribution >= 4 is 36.8 Å². The monoisotopic (exact) mass is 646 g/mol. The topological polar surface area (TPSA) is 0 Å². The maximum atomic E-state index is 2.78. The number of hydrogen-bond donors (Lipinski definition) is 0. The molecule has 0 atom stereocenters. The first-order chi connectivity index (χ1) is 15.1. The summed E-state index contributed by atoms with van der Waals surface area (Å²) in [4.78, 5) is 0. The van der Waals surface area contributed by atoms with Crippen molar-refractivity contribution in [1.82, 2.24) is 0 Å². The quantitative estimate of drug-likeness (QED) is 0.116. The van der Waals surface area contributed by atoms with Crippen molar-refractivity contribution in [3.8, 4) is 0 Å². The van der Waals surface area contributed by atoms with Crippen LogP contribution in [0.2, 0.25) is 26.6 Å². The third-order valence-corrected chi connectivity index (χ3v) is 40.5. The number of unbranched alkanes of at least 4 members (excludes halogenated alkanes) is 6. The van der Waals surface area contributed by atoms with Crippen LogP contribution in [0.25, 0.3) is 0 Å². The van der Waals surface area contributed by atoms with Crippen LogP contribution >= 0.6 is 0 Å². The van der Waals surface area contributed by atoms with E-state index in [2.05, 4.69) is 60.9 Å². The summed E-state index contributed by atoms with van der Waals surface area (Å²) < 4.78 is 14.1. The fraction of sp³-hybridized carbons (Fsp3) is 0.862. The average molecular weight is 644 g/mol. The van der Waals surface area contributed by atoms with E-state index in [1.54, 1.807) is 26.6 Å². The molecule has 0 heterocycles. The van der Waals surface area contributed by atoms with Crippen LogP contribution in [0.3, 0.4) is 0 Å². The molecule has 0 saturated heterocycles. The molecule has 0 amide bonds. The summed E-state index contributed by atoms with van der Waals surface area (Å²) in [7, 11) is 0. The molecular formula is C29H58Sn2. The second-order valence-corrected chi connectivity index (χ2v) is 37.6. The van der Waals surface area contributed by atoms with Crippen molar-refractivity contribution in [1.29, 1.82) is 0 Å². The first-order valence-corrected chi connectivity index (χ1v) is 29.4. The molecule has 2 heteroatoms. The Morgan fingerprint density at radius 1 is 0.452 bits per heavy atom. The van der Waals surface area contributed by atoms with Gasteiger partial charge in [0.15, 0.2) is 0 Å². The van der Waals surface area contributed by atoms with Gasteiger partial charge in [0.2, 0.25) is 0 Å². The van der Waals surface area contributed by atoms with Crippen LogP contribution in [0.4, 0.5) is 0 Å². The second kappa shape index (κ2) is 17.5. The molecule has 0 N–H and O–H groups in total. The summed E-state index contributed by atoms with van der Waals surface area (Å²) in [6, 6.07) is 0. The van der Waals surface area contributed by atoms with E-state index in [0.717, 1.165) is 0 Å². The zero-order chi connectivity index (χ0) is 23.0. The van der Waals surface area contributed by atoms with Crippen LogP contribution in [0, 0.1) is 0 Å². The molecule has 0 aromatic heterocycles. The molecule has 182 valence electrons. The van der Waals surface area contributed by atoms with Crippen molar-refractivity contribution in [2.45, 2.75) is 152 Å². The molecule has 0 saturated carbocycles. The summed E-state index contributed by atoms with van der Waals surface area (Å²) in [6.45, 7) is 14.5. The predicted octanol–water partition coefficient (Wildman–Crippen LogP) is 11.0. The van der Waals surface area contributed by atoms with Gasteiger partial charge in [-0.1, -0.05) is 0 Å². The molecule has 0 aromatic carbocycles. The minimum absolute atomic E-state index is 1.40. The van der Waals surface area contributed by atoms with Crippen LogP contribution in [-0.2, 0) is 0 Å². The van der Waals surface area contributed by atoms with Crippen molar-refractivity contribution in [2.24, 2.45) is 0 Å². The molecule has 0 aromatic rings. The standard InChI is InChI=1S/C5H4.6C4H9.2Sn/c1-2-4-5-3-1;6*1-3-4-2;;/h1-2H,5H2;6*1,3-4H2,2H3;;. The van der Waals surface area contributed by atoms with Crippen molar-refractivity contribution < 1.29 is 0 Å². The maximum absolute atomic E-state index is 2.78. The molecule has 1 aliphatic carbocycles. The Hall–Kier alpha value is 1.08. The van der Waals surface area contributed by atoms with Crippen LogP contribution in [0.15, 0.2) is 19.3 Å². The van der Waals surface area contributed by atoms with E-state index in [0.29, 0.717) is 0 Å². The first-order valence-electron chi connectivity index (χ1n) is 14.5. The van der Waals surface area contributed by atoms with Crippen LogP contribution in [0.1, 0.15) is 125 Å². The van der Waals surface area contributed by atoms with Crippen molar-refractivity contribution in [3.63, 3.8) is 0 Å². The molecule has 31 heavy (non-hydrogen) atoms. The van der Waals surface area contributed by atoms with Gasteiger partial charge in [0.25, 0.3) is 0 Å². The Kier molecular flexibility index (Phi) is 17.0. The Labute approximate surface area is 206 Å². The molecule has 0 bridgehead atoms. The molecule has 0 unspecified atom stereocenters. The third kappa shape index (κ3) is 9.69. The summed E-state index contributed by atoms with van der Waals surface area (Å²) in [5, 5.41) is 0. The normalized spacial score (nSPS) is 14.8. The SMILES string of the molecule is CCC[CH2][Sn]([CH2]CCC)([CH2]CCC)[C]1=CC=[C]([Sn]([CH2]CCC)([CH2]CCC)[CH2]CCC)C1. The average Bonchev–Trinajstić information content (AvgIpc) is 3.30. The predicted molar refractivity (Wildman–Crippen MR) is 151 cm³/mol. The summed E-state index contributed by atoms with van der Waals surface area (Å²) in [6.07, 6.45) is 24.5. The fourth-order valence-electron chi connectivity index (χ4n) is 6.06. The molecule has 0 aliphatic heterocycles. The molecule has 1 aliphatic rings. The molecule has 0 radical (unpaired) electrons. The summed E-state index contributed by atoms with van der Waals surface area (Å²) in [5.74, 6) is 0. The van der Waals surface area contributed by atoms with Crippen molar-refractivity contribution in [3.05, 3.63) is 19.3 Å². The van der Waals surface area contributed by atoms with E-state index >= 15 is 0 Å². The van der Waals surface area contributed by atoms with Gasteiger partial charge in [0.1, 0.15) is 0 Å². The molecule has 0 fully saturated rings. The van der Waals surface area contributed by atoms with E-state index in [4.69, 9.17) is 0 Å². The Bertz CT molecular complexity index is 427. The summed E-state index contributed by atoms with van der Waals surface area (Å²) >= 11 is -4.45. The van der Waals surface area contributed by atoms with Crippen LogP contribution < -0.4 is 0 Å². The number of hydrogen-bond acceptors (Lipinski definition) is 0. The van der Waals surface area contributed by atoms with Crippen molar-refractivity contribution in [2.75, 3.05) is 0 Å². The van der Waals surface area contributed by atoms with Gasteiger partial charge < -0.3 is 0 Å². The second-order valence-electron chi connectivity index (χ2n) is 10.7. The third-order valence-electron chi connectivity index (χ3n) is 8.28. The van der Waals surface area contributed by atoms with Gasteiger partial charge >= 0.3 is 208 Å². The van der Waals surface area contributed by atoms with E-state index in [1.807, 2.05) is 0 Å². The van der Waals surface area contributed by atoms with Gasteiger partial charge in [-0.15, -0.1) is 0 Å².